The molecule has 0 unspecified atom stereocenters. The van der Waals surface area contributed by atoms with Gasteiger partial charge in [0.2, 0.25) is 0 Å². The van der Waals surface area contributed by atoms with Crippen LogP contribution >= 0.6 is 11.6 Å². The highest BCUT2D eigenvalue weighted by Gasteiger charge is 2.29. The van der Waals surface area contributed by atoms with E-state index in [1.807, 2.05) is 18.2 Å². The number of carbonyl (C=O) groups excluding carboxylic acids is 1. The molecule has 4 rings (SSSR count). The molecule has 2 aliphatic heterocycles. The van der Waals surface area contributed by atoms with E-state index in [1.165, 1.54) is 6.07 Å². The molecule has 140 valence electrons. The predicted octanol–water partition coefficient (Wildman–Crippen LogP) is 4.08. The Labute approximate surface area is 161 Å². The van der Waals surface area contributed by atoms with Crippen LogP contribution in [0.2, 0.25) is 5.02 Å². The van der Waals surface area contributed by atoms with Gasteiger partial charge in [-0.1, -0.05) is 23.7 Å². The molecule has 2 aromatic rings. The smallest absolute Gasteiger partial charge is 0.414 e. The molecule has 0 radical (unpaired) electrons. The number of nitrogens with zero attached hydrogens (tertiary/aromatic N) is 3. The summed E-state index contributed by atoms with van der Waals surface area (Å²) in [5, 5.41) is 11.5. The Morgan fingerprint density at radius 2 is 2.04 bits per heavy atom. The van der Waals surface area contributed by atoms with Crippen molar-refractivity contribution in [2.45, 2.75) is 19.9 Å². The minimum atomic E-state index is -0.419. The van der Waals surface area contributed by atoms with E-state index in [2.05, 4.69) is 4.90 Å². The normalized spacial score (nSPS) is 16.3. The van der Waals surface area contributed by atoms with E-state index in [-0.39, 0.29) is 11.8 Å². The van der Waals surface area contributed by atoms with E-state index in [1.54, 1.807) is 17.9 Å². The van der Waals surface area contributed by atoms with Crippen LogP contribution in [0.4, 0.5) is 21.9 Å². The SMILES string of the molecule is Cc1cc(N2CCc3c(cccc3N3CCOC3=O)C2)c(Cl)cc1[N+](=O)[O-]. The van der Waals surface area contributed by atoms with Gasteiger partial charge in [0.25, 0.3) is 5.69 Å². The van der Waals surface area contributed by atoms with E-state index in [9.17, 15) is 14.9 Å². The number of amides is 1. The van der Waals surface area contributed by atoms with Crippen molar-refractivity contribution in [1.29, 1.82) is 0 Å². The fraction of sp³-hybridized carbons (Fsp3) is 0.316. The predicted molar refractivity (Wildman–Crippen MR) is 103 cm³/mol. The first-order chi connectivity index (χ1) is 13.0. The number of anilines is 2. The number of benzene rings is 2. The molecule has 2 aliphatic rings. The number of rotatable bonds is 3. The summed E-state index contributed by atoms with van der Waals surface area (Å²) in [5.41, 5.74) is 4.56. The average Bonchev–Trinajstić information content (AvgIpc) is 3.08. The van der Waals surface area contributed by atoms with Crippen LogP contribution in [0.5, 0.6) is 0 Å². The lowest BCUT2D eigenvalue weighted by atomic mass is 9.96. The fourth-order valence-corrected chi connectivity index (χ4v) is 4.03. The van der Waals surface area contributed by atoms with Crippen LogP contribution in [-0.2, 0) is 17.7 Å². The van der Waals surface area contributed by atoms with Crippen molar-refractivity contribution in [2.24, 2.45) is 0 Å². The van der Waals surface area contributed by atoms with E-state index in [4.69, 9.17) is 16.3 Å². The molecule has 0 aromatic heterocycles. The number of halogens is 1. The largest absolute Gasteiger partial charge is 0.447 e. The second-order valence-corrected chi connectivity index (χ2v) is 7.11. The molecule has 0 aliphatic carbocycles. The van der Waals surface area contributed by atoms with E-state index >= 15 is 0 Å². The lowest BCUT2D eigenvalue weighted by Crippen LogP contribution is -2.33. The van der Waals surface area contributed by atoms with Crippen LogP contribution in [0.3, 0.4) is 0 Å². The summed E-state index contributed by atoms with van der Waals surface area (Å²) in [6.07, 6.45) is 0.446. The number of nitro benzene ring substituents is 1. The number of hydrogen-bond donors (Lipinski definition) is 0. The number of fused-ring (bicyclic) bond motifs is 1. The molecule has 7 nitrogen and oxygen atoms in total. The minimum Gasteiger partial charge on any atom is -0.447 e. The molecule has 0 bridgehead atoms. The first-order valence-electron chi connectivity index (χ1n) is 8.70. The highest BCUT2D eigenvalue weighted by Crippen LogP contribution is 2.37. The van der Waals surface area contributed by atoms with Crippen LogP contribution in [0.25, 0.3) is 0 Å². The van der Waals surface area contributed by atoms with Gasteiger partial charge in [-0.2, -0.15) is 0 Å². The number of carbonyl (C=O) groups is 1. The third-order valence-corrected chi connectivity index (χ3v) is 5.40. The summed E-state index contributed by atoms with van der Waals surface area (Å²) in [4.78, 5) is 26.4. The maximum absolute atomic E-state index is 11.9. The van der Waals surface area contributed by atoms with Gasteiger partial charge < -0.3 is 9.64 Å². The second kappa shape index (κ2) is 6.74. The number of aryl methyl sites for hydroxylation is 1. The molecule has 8 heteroatoms. The molecule has 1 saturated heterocycles. The first-order valence-corrected chi connectivity index (χ1v) is 9.08. The van der Waals surface area contributed by atoms with Crippen LogP contribution in [0.1, 0.15) is 16.7 Å². The molecule has 1 fully saturated rings. The van der Waals surface area contributed by atoms with Crippen LogP contribution in [-0.4, -0.2) is 30.7 Å². The molecule has 27 heavy (non-hydrogen) atoms. The van der Waals surface area contributed by atoms with Gasteiger partial charge >= 0.3 is 6.09 Å². The summed E-state index contributed by atoms with van der Waals surface area (Å²) >= 11 is 6.34. The number of nitro groups is 1. The third kappa shape index (κ3) is 3.08. The number of hydrogen-bond acceptors (Lipinski definition) is 5. The Bertz CT molecular complexity index is 947. The van der Waals surface area contributed by atoms with E-state index in [0.717, 1.165) is 28.9 Å². The quantitative estimate of drug-likeness (QED) is 0.586. The van der Waals surface area contributed by atoms with Crippen LogP contribution in [0, 0.1) is 17.0 Å². The van der Waals surface area contributed by atoms with Gasteiger partial charge in [-0.05, 0) is 36.6 Å². The summed E-state index contributed by atoms with van der Waals surface area (Å²) in [6, 6.07) is 9.11. The van der Waals surface area contributed by atoms with Gasteiger partial charge in [-0.25, -0.2) is 4.79 Å². The molecule has 2 aromatic carbocycles. The molecule has 0 spiro atoms. The molecule has 0 N–H and O–H groups in total. The molecule has 1 amide bonds. The molecule has 0 saturated carbocycles. The number of ether oxygens (including phenoxy) is 1. The highest BCUT2D eigenvalue weighted by molar-refractivity contribution is 6.33. The van der Waals surface area contributed by atoms with Crippen molar-refractivity contribution in [3.8, 4) is 0 Å². The number of cyclic esters (lactones) is 1. The lowest BCUT2D eigenvalue weighted by molar-refractivity contribution is -0.385. The van der Waals surface area contributed by atoms with Crippen molar-refractivity contribution in [3.05, 3.63) is 62.2 Å². The molecule has 0 atom stereocenters. The maximum Gasteiger partial charge on any atom is 0.414 e. The monoisotopic (exact) mass is 387 g/mol. The van der Waals surface area contributed by atoms with Crippen molar-refractivity contribution >= 4 is 34.8 Å². The molecule has 2 heterocycles. The van der Waals surface area contributed by atoms with E-state index < -0.39 is 4.92 Å². The Balaban J connectivity index is 1.66. The fourth-order valence-electron chi connectivity index (χ4n) is 3.75. The third-order valence-electron chi connectivity index (χ3n) is 5.10. The Hall–Kier alpha value is -2.80. The summed E-state index contributed by atoms with van der Waals surface area (Å²) in [7, 11) is 0. The molecular weight excluding hydrogens is 370 g/mol. The van der Waals surface area contributed by atoms with Gasteiger partial charge in [0, 0.05) is 24.7 Å². The molecular formula is C19H18ClN3O4. The zero-order valence-electron chi connectivity index (χ0n) is 14.8. The van der Waals surface area contributed by atoms with Crippen molar-refractivity contribution < 1.29 is 14.5 Å². The zero-order chi connectivity index (χ0) is 19.1. The van der Waals surface area contributed by atoms with Gasteiger partial charge in [0.05, 0.1) is 27.9 Å². The van der Waals surface area contributed by atoms with Crippen molar-refractivity contribution in [1.82, 2.24) is 0 Å². The van der Waals surface area contributed by atoms with Gasteiger partial charge in [0.1, 0.15) is 6.61 Å². The highest BCUT2D eigenvalue weighted by atomic mass is 35.5. The average molecular weight is 388 g/mol. The Morgan fingerprint density at radius 3 is 2.74 bits per heavy atom. The summed E-state index contributed by atoms with van der Waals surface area (Å²) in [6.45, 7) is 4.03. The Kier molecular flexibility index (Phi) is 4.39. The van der Waals surface area contributed by atoms with Crippen LogP contribution < -0.4 is 9.80 Å². The maximum atomic E-state index is 11.9. The summed E-state index contributed by atoms with van der Waals surface area (Å²) in [5.74, 6) is 0. The standard InChI is InChI=1S/C19H18ClN3O4/c1-12-9-18(15(20)10-17(12)23(25)26)21-6-5-14-13(11-21)3-2-4-16(14)22-7-8-27-19(22)24/h2-4,9-10H,5-8,11H2,1H3. The van der Waals surface area contributed by atoms with Gasteiger partial charge in [0.15, 0.2) is 0 Å². The van der Waals surface area contributed by atoms with E-state index in [0.29, 0.717) is 36.8 Å². The summed E-state index contributed by atoms with van der Waals surface area (Å²) < 4.78 is 5.06. The van der Waals surface area contributed by atoms with Crippen LogP contribution in [0.15, 0.2) is 30.3 Å². The van der Waals surface area contributed by atoms with Crippen molar-refractivity contribution in [3.63, 3.8) is 0 Å². The van der Waals surface area contributed by atoms with Crippen molar-refractivity contribution in [2.75, 3.05) is 29.5 Å². The minimum absolute atomic E-state index is 0.0241. The topological polar surface area (TPSA) is 75.9 Å². The van der Waals surface area contributed by atoms with Gasteiger partial charge in [-0.15, -0.1) is 0 Å². The zero-order valence-corrected chi connectivity index (χ0v) is 15.5. The first kappa shape index (κ1) is 17.6. The second-order valence-electron chi connectivity index (χ2n) is 6.70. The lowest BCUT2D eigenvalue weighted by Gasteiger charge is -2.33. The Morgan fingerprint density at radius 1 is 1.22 bits per heavy atom. The van der Waals surface area contributed by atoms with Gasteiger partial charge in [-0.3, -0.25) is 15.0 Å².